The van der Waals surface area contributed by atoms with Crippen LogP contribution in [0.15, 0.2) is 0 Å². The van der Waals surface area contributed by atoms with Crippen LogP contribution in [0.4, 0.5) is 0 Å². The van der Waals surface area contributed by atoms with Crippen LogP contribution in [0.1, 0.15) is 26.2 Å². The molecule has 13 heavy (non-hydrogen) atoms. The number of carboxylic acids is 1. The van der Waals surface area contributed by atoms with Gasteiger partial charge in [-0.05, 0) is 12.8 Å². The molecular formula is C9H12O4. The van der Waals surface area contributed by atoms with E-state index in [0.29, 0.717) is 0 Å². The van der Waals surface area contributed by atoms with Crippen LogP contribution in [0, 0.1) is 11.8 Å². The second-order valence-corrected chi connectivity index (χ2v) is 3.84. The molecule has 0 radical (unpaired) electrons. The van der Waals surface area contributed by atoms with E-state index >= 15 is 0 Å². The fourth-order valence-corrected chi connectivity index (χ4v) is 2.65. The summed E-state index contributed by atoms with van der Waals surface area (Å²) in [6, 6.07) is 0. The van der Waals surface area contributed by atoms with E-state index < -0.39 is 17.5 Å². The van der Waals surface area contributed by atoms with Crippen molar-refractivity contribution in [2.75, 3.05) is 0 Å². The Kier molecular flexibility index (Phi) is 1.62. The molecule has 0 saturated heterocycles. The van der Waals surface area contributed by atoms with Crippen molar-refractivity contribution >= 4 is 11.9 Å². The molecule has 2 atom stereocenters. The Morgan fingerprint density at radius 1 is 1.38 bits per heavy atom. The molecule has 0 aliphatic heterocycles. The molecule has 0 aromatic carbocycles. The van der Waals surface area contributed by atoms with Crippen molar-refractivity contribution in [2.24, 2.45) is 11.8 Å². The highest BCUT2D eigenvalue weighted by Gasteiger charge is 2.74. The first-order valence-electron chi connectivity index (χ1n) is 4.52. The second-order valence-electron chi connectivity index (χ2n) is 3.84. The van der Waals surface area contributed by atoms with Crippen LogP contribution in [0.25, 0.3) is 0 Å². The molecule has 2 aliphatic carbocycles. The van der Waals surface area contributed by atoms with E-state index in [1.807, 2.05) is 0 Å². The molecule has 2 aliphatic rings. The van der Waals surface area contributed by atoms with Crippen LogP contribution >= 0.6 is 0 Å². The topological polar surface area (TPSA) is 63.6 Å². The highest BCUT2D eigenvalue weighted by atomic mass is 16.6. The molecule has 0 heterocycles. The Balaban J connectivity index is 2.16. The molecule has 2 rings (SSSR count). The van der Waals surface area contributed by atoms with E-state index in [1.54, 1.807) is 0 Å². The van der Waals surface area contributed by atoms with E-state index in [1.165, 1.54) is 6.92 Å². The number of carbonyl (C=O) groups is 2. The summed E-state index contributed by atoms with van der Waals surface area (Å²) >= 11 is 0. The summed E-state index contributed by atoms with van der Waals surface area (Å²) in [6.45, 7) is 1.26. The van der Waals surface area contributed by atoms with E-state index in [2.05, 4.69) is 0 Å². The van der Waals surface area contributed by atoms with Crippen molar-refractivity contribution in [2.45, 2.75) is 31.8 Å². The lowest BCUT2D eigenvalue weighted by molar-refractivity contribution is -0.169. The summed E-state index contributed by atoms with van der Waals surface area (Å²) in [5.41, 5.74) is -1.15. The number of hydrogen-bond donors (Lipinski definition) is 1. The van der Waals surface area contributed by atoms with Crippen molar-refractivity contribution in [3.05, 3.63) is 0 Å². The summed E-state index contributed by atoms with van der Waals surface area (Å²) in [4.78, 5) is 21.7. The predicted molar refractivity (Wildman–Crippen MR) is 43.0 cm³/mol. The number of rotatable bonds is 2. The minimum absolute atomic E-state index is 0.0777. The van der Waals surface area contributed by atoms with Gasteiger partial charge in [0.05, 0.1) is 0 Å². The third-order valence-corrected chi connectivity index (χ3v) is 3.16. The molecule has 2 saturated carbocycles. The first-order valence-corrected chi connectivity index (χ1v) is 4.52. The van der Waals surface area contributed by atoms with Gasteiger partial charge in [0, 0.05) is 18.8 Å². The lowest BCUT2D eigenvalue weighted by Crippen LogP contribution is -2.33. The first-order chi connectivity index (χ1) is 6.09. The van der Waals surface area contributed by atoms with Crippen molar-refractivity contribution < 1.29 is 19.4 Å². The van der Waals surface area contributed by atoms with Crippen molar-refractivity contribution in [3.63, 3.8) is 0 Å². The third kappa shape index (κ3) is 0.975. The zero-order valence-corrected chi connectivity index (χ0v) is 7.45. The number of fused-ring (bicyclic) bond motifs is 1. The van der Waals surface area contributed by atoms with Crippen LogP contribution in [0.5, 0.6) is 0 Å². The van der Waals surface area contributed by atoms with E-state index in [-0.39, 0.29) is 11.8 Å². The maximum absolute atomic E-state index is 11.0. The monoisotopic (exact) mass is 184 g/mol. The molecule has 0 amide bonds. The Bertz CT molecular complexity index is 261. The number of carboxylic acid groups (broad SMARTS) is 1. The highest BCUT2D eigenvalue weighted by molar-refractivity contribution is 5.86. The summed E-state index contributed by atoms with van der Waals surface area (Å²) in [7, 11) is 0. The normalized spacial score (nSPS) is 41.0. The van der Waals surface area contributed by atoms with Gasteiger partial charge in [0.2, 0.25) is 5.60 Å². The Hall–Kier alpha value is -1.06. The van der Waals surface area contributed by atoms with Gasteiger partial charge in [-0.1, -0.05) is 6.42 Å². The quantitative estimate of drug-likeness (QED) is 0.645. The van der Waals surface area contributed by atoms with Crippen LogP contribution in [-0.2, 0) is 14.3 Å². The number of aliphatic carboxylic acids is 1. The van der Waals surface area contributed by atoms with Gasteiger partial charge in [-0.15, -0.1) is 0 Å². The Morgan fingerprint density at radius 2 is 1.92 bits per heavy atom. The number of esters is 1. The van der Waals surface area contributed by atoms with Gasteiger partial charge >= 0.3 is 11.9 Å². The number of hydrogen-bond acceptors (Lipinski definition) is 3. The summed E-state index contributed by atoms with van der Waals surface area (Å²) in [5.74, 6) is -1.31. The van der Waals surface area contributed by atoms with E-state index in [0.717, 1.165) is 19.3 Å². The molecule has 72 valence electrons. The van der Waals surface area contributed by atoms with Gasteiger partial charge in [-0.25, -0.2) is 4.79 Å². The minimum Gasteiger partial charge on any atom is -0.478 e. The fraction of sp³-hybridized carbons (Fsp3) is 0.778. The Labute approximate surface area is 75.9 Å². The smallest absolute Gasteiger partial charge is 0.348 e. The van der Waals surface area contributed by atoms with E-state index in [9.17, 15) is 9.59 Å². The van der Waals surface area contributed by atoms with Crippen LogP contribution in [-0.4, -0.2) is 22.6 Å². The van der Waals surface area contributed by atoms with Crippen LogP contribution in [0.2, 0.25) is 0 Å². The van der Waals surface area contributed by atoms with Crippen molar-refractivity contribution in [1.82, 2.24) is 0 Å². The third-order valence-electron chi connectivity index (χ3n) is 3.16. The van der Waals surface area contributed by atoms with Crippen molar-refractivity contribution in [3.8, 4) is 0 Å². The maximum atomic E-state index is 11.0. The molecular weight excluding hydrogens is 172 g/mol. The molecule has 0 bridgehead atoms. The molecule has 0 aromatic heterocycles. The van der Waals surface area contributed by atoms with E-state index in [4.69, 9.17) is 9.84 Å². The average Bonchev–Trinajstić information content (AvgIpc) is 2.44. The number of ether oxygens (including phenoxy) is 1. The standard InChI is InChI=1S/C9H12O4/c1-5(10)13-9(8(11)12)6-3-2-4-7(6)9/h6-7H,2-4H2,1H3,(H,11,12). The molecule has 4 nitrogen and oxygen atoms in total. The summed E-state index contributed by atoms with van der Waals surface area (Å²) in [5, 5.41) is 8.98. The van der Waals surface area contributed by atoms with Gasteiger partial charge in [-0.3, -0.25) is 4.79 Å². The van der Waals surface area contributed by atoms with Gasteiger partial charge in [0.15, 0.2) is 0 Å². The predicted octanol–water partition coefficient (Wildman–Crippen LogP) is 0.803. The molecule has 2 fully saturated rings. The van der Waals surface area contributed by atoms with Crippen molar-refractivity contribution in [1.29, 1.82) is 0 Å². The largest absolute Gasteiger partial charge is 0.478 e. The zero-order valence-electron chi connectivity index (χ0n) is 7.45. The Morgan fingerprint density at radius 3 is 2.31 bits per heavy atom. The van der Waals surface area contributed by atoms with Gasteiger partial charge in [-0.2, -0.15) is 0 Å². The molecule has 4 heteroatoms. The highest BCUT2D eigenvalue weighted by Crippen LogP contribution is 2.62. The fourth-order valence-electron chi connectivity index (χ4n) is 2.65. The van der Waals surface area contributed by atoms with Gasteiger partial charge < -0.3 is 9.84 Å². The zero-order chi connectivity index (χ0) is 9.64. The average molecular weight is 184 g/mol. The lowest BCUT2D eigenvalue weighted by atomic mass is 10.1. The van der Waals surface area contributed by atoms with Gasteiger partial charge in [0.25, 0.3) is 0 Å². The molecule has 2 unspecified atom stereocenters. The summed E-state index contributed by atoms with van der Waals surface area (Å²) < 4.78 is 4.94. The molecule has 0 spiro atoms. The maximum Gasteiger partial charge on any atom is 0.348 e. The van der Waals surface area contributed by atoms with Crippen LogP contribution in [0.3, 0.4) is 0 Å². The number of carbonyl (C=O) groups excluding carboxylic acids is 1. The molecule has 1 N–H and O–H groups in total. The molecule has 0 aromatic rings. The second kappa shape index (κ2) is 2.47. The SMILES string of the molecule is CC(=O)OC1(C(=O)O)C2CCCC21. The minimum atomic E-state index is -1.15. The first kappa shape index (κ1) is 8.53. The van der Waals surface area contributed by atoms with Crippen LogP contribution < -0.4 is 0 Å². The lowest BCUT2D eigenvalue weighted by Gasteiger charge is -2.15. The van der Waals surface area contributed by atoms with Gasteiger partial charge in [0.1, 0.15) is 0 Å². The summed E-state index contributed by atoms with van der Waals surface area (Å²) in [6.07, 6.45) is 2.82.